The Labute approximate surface area is 190 Å². The average Bonchev–Trinajstić information content (AvgIpc) is 2.70. The Hall–Kier alpha value is -2.34. The summed E-state index contributed by atoms with van der Waals surface area (Å²) in [5, 5.41) is 13.0. The fraction of sp³-hybridized carbons (Fsp3) is 0.333. The average molecular weight is 548 g/mol. The van der Waals surface area contributed by atoms with E-state index >= 15 is 0 Å². The van der Waals surface area contributed by atoms with Crippen LogP contribution in [0.1, 0.15) is 28.4 Å². The summed E-state index contributed by atoms with van der Waals surface area (Å²) in [6.07, 6.45) is -1.04. The minimum atomic E-state index is -1.40. The molecular weight excluding hydrogens is 528 g/mol. The Bertz CT molecular complexity index is 1030. The van der Waals surface area contributed by atoms with Gasteiger partial charge >= 0.3 is 6.09 Å². The predicted molar refractivity (Wildman–Crippen MR) is 114 cm³/mol. The van der Waals surface area contributed by atoms with E-state index in [-0.39, 0.29) is 36.2 Å². The third kappa shape index (κ3) is 4.79. The number of carbonyl (C=O) groups excluding carboxylic acids is 2. The first-order valence-electron chi connectivity index (χ1n) is 9.32. The van der Waals surface area contributed by atoms with Crippen molar-refractivity contribution in [3.05, 3.63) is 68.0 Å². The van der Waals surface area contributed by atoms with Gasteiger partial charge in [0.15, 0.2) is 11.6 Å². The molecule has 31 heavy (non-hydrogen) atoms. The second-order valence-corrected chi connectivity index (χ2v) is 8.67. The van der Waals surface area contributed by atoms with Crippen LogP contribution in [-0.4, -0.2) is 53.8 Å². The first-order chi connectivity index (χ1) is 14.6. The maximum atomic E-state index is 14.6. The minimum absolute atomic E-state index is 0.118. The van der Waals surface area contributed by atoms with Gasteiger partial charge in [-0.05, 0) is 59.3 Å². The van der Waals surface area contributed by atoms with Gasteiger partial charge in [0.05, 0.1) is 26.2 Å². The molecule has 2 N–H and O–H groups in total. The van der Waals surface area contributed by atoms with Gasteiger partial charge in [-0.1, -0.05) is 6.07 Å². The van der Waals surface area contributed by atoms with Gasteiger partial charge in [0.1, 0.15) is 11.4 Å². The normalized spacial score (nSPS) is 15.8. The van der Waals surface area contributed by atoms with Gasteiger partial charge in [0.2, 0.25) is 0 Å². The van der Waals surface area contributed by atoms with E-state index in [1.165, 1.54) is 24.1 Å². The number of aliphatic hydroxyl groups is 1. The molecule has 1 saturated heterocycles. The Kier molecular flexibility index (Phi) is 6.79. The first-order valence-corrected chi connectivity index (χ1v) is 10.4. The number of hydrogen-bond donors (Lipinski definition) is 2. The van der Waals surface area contributed by atoms with Crippen LogP contribution >= 0.6 is 22.6 Å². The molecule has 1 unspecified atom stereocenters. The smallest absolute Gasteiger partial charge is 0.407 e. The SMILES string of the molecule is COC(=O)NC(C)C1(O)CN(C(=O)c2ccc(F)c(F)c2Cc2ccc(I)cc2F)C1. The van der Waals surface area contributed by atoms with Crippen molar-refractivity contribution in [1.29, 1.82) is 0 Å². The van der Waals surface area contributed by atoms with E-state index in [1.807, 2.05) is 22.6 Å². The summed E-state index contributed by atoms with van der Waals surface area (Å²) in [6, 6.07) is 5.62. The van der Waals surface area contributed by atoms with Gasteiger partial charge in [-0.3, -0.25) is 4.79 Å². The Balaban J connectivity index is 1.83. The summed E-state index contributed by atoms with van der Waals surface area (Å²) in [6.45, 7) is 1.29. The van der Waals surface area contributed by atoms with Crippen LogP contribution in [0.5, 0.6) is 0 Å². The molecule has 3 rings (SSSR count). The highest BCUT2D eigenvalue weighted by atomic mass is 127. The molecular formula is C21H20F3IN2O4. The molecule has 0 spiro atoms. The standard InChI is InChI=1S/C21H20F3IN2O4/c1-11(26-20(29)31-2)21(30)9-27(10-21)19(28)14-5-6-16(22)18(24)15(14)7-12-3-4-13(25)8-17(12)23/h3-6,8,11,30H,7,9-10H2,1-2H3,(H,26,29). The highest BCUT2D eigenvalue weighted by Gasteiger charge is 2.48. The van der Waals surface area contributed by atoms with Gasteiger partial charge in [-0.2, -0.15) is 0 Å². The summed E-state index contributed by atoms with van der Waals surface area (Å²) < 4.78 is 47.9. The molecule has 166 valence electrons. The second kappa shape index (κ2) is 9.03. The molecule has 0 saturated carbocycles. The Morgan fingerprint density at radius 2 is 1.90 bits per heavy atom. The molecule has 6 nitrogen and oxygen atoms in total. The lowest BCUT2D eigenvalue weighted by Crippen LogP contribution is -2.71. The highest BCUT2D eigenvalue weighted by Crippen LogP contribution is 2.29. The summed E-state index contributed by atoms with van der Waals surface area (Å²) >= 11 is 1.93. The fourth-order valence-corrected chi connectivity index (χ4v) is 3.85. The number of nitrogens with one attached hydrogen (secondary N) is 1. The molecule has 0 aliphatic carbocycles. The topological polar surface area (TPSA) is 78.9 Å². The molecule has 1 aliphatic rings. The third-order valence-corrected chi connectivity index (χ3v) is 6.02. The van der Waals surface area contributed by atoms with E-state index in [0.717, 1.165) is 12.1 Å². The van der Waals surface area contributed by atoms with Crippen molar-refractivity contribution in [3.8, 4) is 0 Å². The van der Waals surface area contributed by atoms with Crippen LogP contribution in [0, 0.1) is 21.0 Å². The summed E-state index contributed by atoms with van der Waals surface area (Å²) in [7, 11) is 1.18. The molecule has 0 bridgehead atoms. The lowest BCUT2D eigenvalue weighted by Gasteiger charge is -2.49. The first kappa shape index (κ1) is 23.3. The number of carbonyl (C=O) groups is 2. The van der Waals surface area contributed by atoms with Crippen LogP contribution < -0.4 is 5.32 Å². The molecule has 10 heteroatoms. The molecule has 2 amide bonds. The van der Waals surface area contributed by atoms with Crippen molar-refractivity contribution >= 4 is 34.6 Å². The number of likely N-dealkylation sites (tertiary alicyclic amines) is 1. The summed E-state index contributed by atoms with van der Waals surface area (Å²) in [5.41, 5.74) is -1.66. The van der Waals surface area contributed by atoms with Crippen LogP contribution in [0.25, 0.3) is 0 Å². The van der Waals surface area contributed by atoms with Crippen LogP contribution in [-0.2, 0) is 11.2 Å². The van der Waals surface area contributed by atoms with E-state index in [4.69, 9.17) is 0 Å². The zero-order valence-corrected chi connectivity index (χ0v) is 18.9. The van der Waals surface area contributed by atoms with E-state index in [1.54, 1.807) is 13.0 Å². The highest BCUT2D eigenvalue weighted by molar-refractivity contribution is 14.1. The molecule has 1 atom stereocenters. The molecule has 0 aromatic heterocycles. The van der Waals surface area contributed by atoms with Gasteiger partial charge in [-0.25, -0.2) is 18.0 Å². The maximum absolute atomic E-state index is 14.6. The summed E-state index contributed by atoms with van der Waals surface area (Å²) in [4.78, 5) is 25.5. The van der Waals surface area contributed by atoms with E-state index < -0.39 is 41.1 Å². The van der Waals surface area contributed by atoms with E-state index in [9.17, 15) is 27.9 Å². The number of nitrogens with zero attached hydrogens (tertiary/aromatic N) is 1. The molecule has 1 heterocycles. The fourth-order valence-electron chi connectivity index (χ4n) is 3.39. The molecule has 2 aromatic rings. The zero-order chi connectivity index (χ0) is 22.9. The van der Waals surface area contributed by atoms with Crippen LogP contribution in [0.15, 0.2) is 30.3 Å². The van der Waals surface area contributed by atoms with E-state index in [2.05, 4.69) is 10.1 Å². The number of alkyl carbamates (subject to hydrolysis) is 1. The number of benzene rings is 2. The maximum Gasteiger partial charge on any atom is 0.407 e. The number of amides is 2. The van der Waals surface area contributed by atoms with Gasteiger partial charge in [0.25, 0.3) is 5.91 Å². The van der Waals surface area contributed by atoms with Crippen molar-refractivity contribution in [2.24, 2.45) is 0 Å². The Morgan fingerprint density at radius 3 is 2.52 bits per heavy atom. The van der Waals surface area contributed by atoms with Crippen LogP contribution in [0.4, 0.5) is 18.0 Å². The zero-order valence-electron chi connectivity index (χ0n) is 16.7. The third-order valence-electron chi connectivity index (χ3n) is 5.35. The van der Waals surface area contributed by atoms with Gasteiger partial charge in [0, 0.05) is 21.1 Å². The van der Waals surface area contributed by atoms with Crippen molar-refractivity contribution in [1.82, 2.24) is 10.2 Å². The quantitative estimate of drug-likeness (QED) is 0.563. The Morgan fingerprint density at radius 1 is 1.23 bits per heavy atom. The van der Waals surface area contributed by atoms with Crippen molar-refractivity contribution in [2.75, 3.05) is 20.2 Å². The summed E-state index contributed by atoms with van der Waals surface area (Å²) in [5.74, 6) is -3.58. The number of hydrogen-bond acceptors (Lipinski definition) is 4. The monoisotopic (exact) mass is 548 g/mol. The van der Waals surface area contributed by atoms with E-state index in [0.29, 0.717) is 3.57 Å². The number of halogens is 4. The van der Waals surface area contributed by atoms with Crippen molar-refractivity contribution in [3.63, 3.8) is 0 Å². The lowest BCUT2D eigenvalue weighted by atomic mass is 9.85. The minimum Gasteiger partial charge on any atom is -0.453 e. The number of ether oxygens (including phenoxy) is 1. The molecule has 1 aliphatic heterocycles. The largest absolute Gasteiger partial charge is 0.453 e. The predicted octanol–water partition coefficient (Wildman–Crippen LogP) is 3.23. The number of rotatable bonds is 5. The lowest BCUT2D eigenvalue weighted by molar-refractivity contribution is -0.0990. The number of methoxy groups -OCH3 is 1. The van der Waals surface area contributed by atoms with Crippen molar-refractivity contribution < 1.29 is 32.6 Å². The van der Waals surface area contributed by atoms with Crippen LogP contribution in [0.2, 0.25) is 0 Å². The molecule has 2 aromatic carbocycles. The van der Waals surface area contributed by atoms with Crippen LogP contribution in [0.3, 0.4) is 0 Å². The second-order valence-electron chi connectivity index (χ2n) is 7.42. The molecule has 1 fully saturated rings. The van der Waals surface area contributed by atoms with Crippen molar-refractivity contribution in [2.45, 2.75) is 25.0 Å². The number of β-amino-alcohol motifs (C(OH)–C–C–N with tert-alkyl or cyclic N) is 1. The van der Waals surface area contributed by atoms with Gasteiger partial charge in [-0.15, -0.1) is 0 Å². The molecule has 0 radical (unpaired) electrons. The van der Waals surface area contributed by atoms with Gasteiger partial charge < -0.3 is 20.1 Å².